The fraction of sp³-hybridized carbons (Fsp3) is 0.556. The second-order valence-electron chi connectivity index (χ2n) is 10.5. The summed E-state index contributed by atoms with van der Waals surface area (Å²) in [7, 11) is 0. The molecular weight excluding hydrogens is 360 g/mol. The third-order valence-electron chi connectivity index (χ3n) is 5.22. The summed E-state index contributed by atoms with van der Waals surface area (Å²) in [5.41, 5.74) is 7.33. The minimum Gasteiger partial charge on any atom is -0.122 e. The molecule has 0 amide bonds. The number of halogens is 1. The topological polar surface area (TPSA) is 0 Å². The Labute approximate surface area is 179 Å². The van der Waals surface area contributed by atoms with E-state index in [0.717, 1.165) is 0 Å². The van der Waals surface area contributed by atoms with Crippen molar-refractivity contribution in [2.75, 3.05) is 0 Å². The Balaban J connectivity index is 0.000000283. The van der Waals surface area contributed by atoms with E-state index in [2.05, 4.69) is 112 Å². The van der Waals surface area contributed by atoms with Crippen LogP contribution >= 0.6 is 11.6 Å². The molecule has 0 aromatic heterocycles. The molecule has 156 valence electrons. The zero-order valence-electron chi connectivity index (χ0n) is 19.8. The zero-order chi connectivity index (χ0) is 21.7. The lowest BCUT2D eigenvalue weighted by Gasteiger charge is -2.21. The molecule has 1 heteroatoms. The lowest BCUT2D eigenvalue weighted by atomic mass is 9.84. The van der Waals surface area contributed by atoms with E-state index in [4.69, 9.17) is 11.6 Å². The van der Waals surface area contributed by atoms with Crippen LogP contribution in [0.2, 0.25) is 0 Å². The van der Waals surface area contributed by atoms with Gasteiger partial charge < -0.3 is 0 Å². The summed E-state index contributed by atoms with van der Waals surface area (Å²) in [6.07, 6.45) is 0. The Morgan fingerprint density at radius 2 is 1.14 bits per heavy atom. The molecule has 0 bridgehead atoms. The van der Waals surface area contributed by atoms with Gasteiger partial charge in [0.1, 0.15) is 0 Å². The van der Waals surface area contributed by atoms with E-state index in [-0.39, 0.29) is 10.8 Å². The summed E-state index contributed by atoms with van der Waals surface area (Å²) in [5.74, 6) is 1.79. The molecule has 0 fully saturated rings. The highest BCUT2D eigenvalue weighted by Crippen LogP contribution is 2.28. The van der Waals surface area contributed by atoms with Crippen molar-refractivity contribution in [1.82, 2.24) is 0 Å². The molecule has 2 rings (SSSR count). The van der Waals surface area contributed by atoms with Crippen LogP contribution in [0.4, 0.5) is 0 Å². The first-order valence-electron chi connectivity index (χ1n) is 10.6. The predicted molar refractivity (Wildman–Crippen MR) is 128 cm³/mol. The third kappa shape index (κ3) is 7.28. The molecule has 0 spiro atoms. The summed E-state index contributed by atoms with van der Waals surface area (Å²) >= 11 is 6.00. The normalized spacial score (nSPS) is 12.2. The van der Waals surface area contributed by atoms with E-state index in [0.29, 0.717) is 17.7 Å². The van der Waals surface area contributed by atoms with Crippen molar-refractivity contribution in [2.24, 2.45) is 0 Å². The van der Waals surface area contributed by atoms with Crippen molar-refractivity contribution in [3.05, 3.63) is 70.3 Å². The molecule has 0 unspecified atom stereocenters. The maximum absolute atomic E-state index is 6.00. The van der Waals surface area contributed by atoms with Gasteiger partial charge in [-0.25, -0.2) is 0 Å². The first-order chi connectivity index (χ1) is 12.8. The SMILES string of the molecule is CC(C)c1ccc(C(C)(C)C)cc1.CC(C)c1ccc(C(C)(C)C)cc1CCl. The van der Waals surface area contributed by atoms with Gasteiger partial charge in [0, 0.05) is 5.88 Å². The van der Waals surface area contributed by atoms with Gasteiger partial charge >= 0.3 is 0 Å². The van der Waals surface area contributed by atoms with Crippen LogP contribution in [-0.4, -0.2) is 0 Å². The van der Waals surface area contributed by atoms with Crippen LogP contribution in [-0.2, 0) is 16.7 Å². The van der Waals surface area contributed by atoms with Crippen LogP contribution < -0.4 is 0 Å². The quantitative estimate of drug-likeness (QED) is 0.451. The Hall–Kier alpha value is -1.27. The molecule has 0 aliphatic heterocycles. The average Bonchev–Trinajstić information content (AvgIpc) is 2.60. The van der Waals surface area contributed by atoms with E-state index in [1.807, 2.05) is 0 Å². The maximum atomic E-state index is 6.00. The molecule has 2 aromatic carbocycles. The number of alkyl halides is 1. The molecule has 0 atom stereocenters. The minimum absolute atomic E-state index is 0.205. The van der Waals surface area contributed by atoms with Crippen molar-refractivity contribution < 1.29 is 0 Å². The van der Waals surface area contributed by atoms with Crippen molar-refractivity contribution >= 4 is 11.6 Å². The third-order valence-corrected chi connectivity index (χ3v) is 5.51. The molecule has 28 heavy (non-hydrogen) atoms. The molecule has 0 saturated carbocycles. The number of hydrogen-bond donors (Lipinski definition) is 0. The average molecular weight is 401 g/mol. The van der Waals surface area contributed by atoms with Crippen LogP contribution in [0.25, 0.3) is 0 Å². The van der Waals surface area contributed by atoms with Crippen molar-refractivity contribution in [3.8, 4) is 0 Å². The second kappa shape index (κ2) is 9.97. The maximum Gasteiger partial charge on any atom is 0.0477 e. The van der Waals surface area contributed by atoms with Gasteiger partial charge in [-0.2, -0.15) is 0 Å². The van der Waals surface area contributed by atoms with Gasteiger partial charge in [-0.1, -0.05) is 112 Å². The van der Waals surface area contributed by atoms with Crippen LogP contribution in [0.1, 0.15) is 109 Å². The smallest absolute Gasteiger partial charge is 0.0477 e. The fourth-order valence-corrected chi connectivity index (χ4v) is 3.35. The van der Waals surface area contributed by atoms with Gasteiger partial charge in [-0.3, -0.25) is 0 Å². The van der Waals surface area contributed by atoms with Gasteiger partial charge in [0.25, 0.3) is 0 Å². The van der Waals surface area contributed by atoms with Gasteiger partial charge in [-0.15, -0.1) is 11.6 Å². The number of benzene rings is 2. The van der Waals surface area contributed by atoms with Crippen LogP contribution in [0, 0.1) is 0 Å². The highest BCUT2D eigenvalue weighted by molar-refractivity contribution is 6.17. The van der Waals surface area contributed by atoms with E-state index in [1.54, 1.807) is 0 Å². The Morgan fingerprint density at radius 1 is 0.679 bits per heavy atom. The summed E-state index contributed by atoms with van der Waals surface area (Å²) in [6.45, 7) is 22.3. The molecule has 0 nitrogen and oxygen atoms in total. The molecule has 2 aromatic rings. The van der Waals surface area contributed by atoms with Crippen molar-refractivity contribution in [1.29, 1.82) is 0 Å². The Bertz CT molecular complexity index is 722. The molecule has 0 N–H and O–H groups in total. The summed E-state index contributed by atoms with van der Waals surface area (Å²) < 4.78 is 0. The molecular formula is C27H41Cl. The molecule has 0 heterocycles. The fourth-order valence-electron chi connectivity index (χ4n) is 3.12. The van der Waals surface area contributed by atoms with E-state index in [1.165, 1.54) is 27.8 Å². The minimum atomic E-state index is 0.205. The van der Waals surface area contributed by atoms with E-state index in [9.17, 15) is 0 Å². The largest absolute Gasteiger partial charge is 0.122 e. The molecule has 0 radical (unpaired) electrons. The summed E-state index contributed by atoms with van der Waals surface area (Å²) in [5, 5.41) is 0. The van der Waals surface area contributed by atoms with Gasteiger partial charge in [0.05, 0.1) is 0 Å². The van der Waals surface area contributed by atoms with E-state index < -0.39 is 0 Å². The first kappa shape index (κ1) is 24.8. The Kier molecular flexibility index (Phi) is 8.82. The zero-order valence-corrected chi connectivity index (χ0v) is 20.5. The monoisotopic (exact) mass is 400 g/mol. The van der Waals surface area contributed by atoms with Crippen molar-refractivity contribution in [3.63, 3.8) is 0 Å². The molecule has 0 saturated heterocycles. The lowest BCUT2D eigenvalue weighted by molar-refractivity contribution is 0.589. The van der Waals surface area contributed by atoms with Crippen LogP contribution in [0.15, 0.2) is 42.5 Å². The van der Waals surface area contributed by atoms with Gasteiger partial charge in [0.2, 0.25) is 0 Å². The Morgan fingerprint density at radius 3 is 1.50 bits per heavy atom. The summed E-state index contributed by atoms with van der Waals surface area (Å²) in [4.78, 5) is 0. The van der Waals surface area contributed by atoms with Crippen LogP contribution in [0.3, 0.4) is 0 Å². The highest BCUT2D eigenvalue weighted by Gasteiger charge is 2.16. The molecule has 0 aliphatic carbocycles. The van der Waals surface area contributed by atoms with Gasteiger partial charge in [0.15, 0.2) is 0 Å². The molecule has 0 aliphatic rings. The van der Waals surface area contributed by atoms with Crippen LogP contribution in [0.5, 0.6) is 0 Å². The van der Waals surface area contributed by atoms with E-state index >= 15 is 0 Å². The van der Waals surface area contributed by atoms with Crippen molar-refractivity contribution in [2.45, 2.75) is 97.8 Å². The van der Waals surface area contributed by atoms with Gasteiger partial charge in [-0.05, 0) is 50.5 Å². The standard InChI is InChI=1S/C14H21Cl.C13H20/c1-10(2)13-7-6-12(14(3,4)5)8-11(13)9-15;1-10(2)11-6-8-12(9-7-11)13(3,4)5/h6-8,10H,9H2,1-5H3;6-10H,1-5H3. The second-order valence-corrected chi connectivity index (χ2v) is 10.7. The number of rotatable bonds is 3. The first-order valence-corrected chi connectivity index (χ1v) is 11.1. The number of hydrogen-bond acceptors (Lipinski definition) is 0. The lowest BCUT2D eigenvalue weighted by Crippen LogP contribution is -2.12. The highest BCUT2D eigenvalue weighted by atomic mass is 35.5. The summed E-state index contributed by atoms with van der Waals surface area (Å²) in [6, 6.07) is 15.7. The predicted octanol–water partition coefficient (Wildman–Crippen LogP) is 8.95.